The number of rotatable bonds is 7. The summed E-state index contributed by atoms with van der Waals surface area (Å²) in [7, 11) is 1.87. The van der Waals surface area contributed by atoms with Crippen LogP contribution in [0.15, 0.2) is 91.0 Å². The van der Waals surface area contributed by atoms with Gasteiger partial charge in [0.1, 0.15) is 5.75 Å². The van der Waals surface area contributed by atoms with E-state index in [0.717, 1.165) is 41.9 Å². The zero-order valence-electron chi connectivity index (χ0n) is 33.3. The fraction of sp³-hybridized carbons (Fsp3) is 0.326. The molecule has 1 atom stereocenters. The van der Waals surface area contributed by atoms with Crippen molar-refractivity contribution >= 4 is 23.6 Å². The molecule has 1 aromatic heterocycles. The molecular weight excluding hydrogens is 760 g/mol. The third-order valence-corrected chi connectivity index (χ3v) is 11.9. The summed E-state index contributed by atoms with van der Waals surface area (Å²) in [5.41, 5.74) is 7.33. The predicted octanol–water partition coefficient (Wildman–Crippen LogP) is 8.04. The van der Waals surface area contributed by atoms with Gasteiger partial charge in [-0.1, -0.05) is 54.6 Å². The van der Waals surface area contributed by atoms with E-state index in [1.807, 2.05) is 85.0 Å². The number of nitrogens with one attached hydrogen (secondary N) is 1. The van der Waals surface area contributed by atoms with Gasteiger partial charge < -0.3 is 29.2 Å². The van der Waals surface area contributed by atoms with Gasteiger partial charge in [-0.25, -0.2) is 4.79 Å². The lowest BCUT2D eigenvalue weighted by Gasteiger charge is -2.41. The molecule has 3 amide bonds. The van der Waals surface area contributed by atoms with E-state index in [0.29, 0.717) is 78.5 Å². The summed E-state index contributed by atoms with van der Waals surface area (Å²) in [5, 5.41) is 3.04. The highest BCUT2D eigenvalue weighted by atomic mass is 19.4. The maximum Gasteiger partial charge on any atom is 0.419 e. The Morgan fingerprint density at radius 1 is 0.814 bits per heavy atom. The first-order valence-electron chi connectivity index (χ1n) is 19.9. The lowest BCUT2D eigenvalue weighted by molar-refractivity contribution is -0.138. The normalized spacial score (nSPS) is 16.9. The molecule has 1 fully saturated rings. The molecule has 4 aromatic carbocycles. The second kappa shape index (κ2) is 16.4. The molecule has 306 valence electrons. The van der Waals surface area contributed by atoms with Crippen molar-refractivity contribution in [1.82, 2.24) is 19.3 Å². The summed E-state index contributed by atoms with van der Waals surface area (Å²) in [5.74, 6) is -1.04. The Balaban J connectivity index is 1.18. The van der Waals surface area contributed by atoms with Gasteiger partial charge in [-0.3, -0.25) is 14.5 Å². The van der Waals surface area contributed by atoms with Crippen LogP contribution in [0.4, 0.5) is 23.7 Å². The minimum Gasteiger partial charge on any atom is -0.410 e. The topological polar surface area (TPSA) is 96.3 Å². The first kappa shape index (κ1) is 39.9. The Bertz CT molecular complexity index is 2420. The van der Waals surface area contributed by atoms with Crippen molar-refractivity contribution in [2.24, 2.45) is 7.05 Å². The highest BCUT2D eigenvalue weighted by molar-refractivity contribution is 6.07. The molecule has 10 nitrogen and oxygen atoms in total. The maximum atomic E-state index is 15.3. The number of aromatic nitrogens is 1. The van der Waals surface area contributed by atoms with Crippen LogP contribution in [-0.2, 0) is 43.9 Å². The van der Waals surface area contributed by atoms with Gasteiger partial charge in [0.15, 0.2) is 0 Å². The van der Waals surface area contributed by atoms with Crippen molar-refractivity contribution < 1.29 is 37.0 Å². The fourth-order valence-electron chi connectivity index (χ4n) is 8.42. The number of carbonyl (C=O) groups excluding carboxylic acids is 3. The summed E-state index contributed by atoms with van der Waals surface area (Å²) >= 11 is 0. The standard InChI is InChI=1S/C46H46F3N5O5/c1-29-10-4-8-14-40(29)50-43(55)36-25-41(51(3)30(36)2)37-23-32-16-17-53(45(57)59-42-15-9-7-13-39(42)46(47,48)49)26-34(32)24-38(37)44(56)54-27-33-12-6-5-11-31(33)22-35(54)28-52-18-20-58-21-19-52/h4-15,23-25,35H,16-22,26-28H2,1-3H3,(H,50,55)/t35-/m0/s1. The Hall–Kier alpha value is -5.92. The van der Waals surface area contributed by atoms with E-state index in [1.165, 1.54) is 22.6 Å². The van der Waals surface area contributed by atoms with E-state index in [2.05, 4.69) is 22.3 Å². The summed E-state index contributed by atoms with van der Waals surface area (Å²) in [6.45, 7) is 7.85. The lowest BCUT2D eigenvalue weighted by atomic mass is 9.89. The van der Waals surface area contributed by atoms with Crippen LogP contribution in [0.1, 0.15) is 59.8 Å². The quantitative estimate of drug-likeness (QED) is 0.179. The average Bonchev–Trinajstić information content (AvgIpc) is 3.53. The van der Waals surface area contributed by atoms with Gasteiger partial charge in [0.05, 0.1) is 24.3 Å². The van der Waals surface area contributed by atoms with E-state index < -0.39 is 23.6 Å². The number of ether oxygens (including phenoxy) is 2. The Morgan fingerprint density at radius 2 is 1.53 bits per heavy atom. The number of fused-ring (bicyclic) bond motifs is 2. The van der Waals surface area contributed by atoms with Gasteiger partial charge in [-0.2, -0.15) is 13.2 Å². The number of nitrogens with zero attached hydrogens (tertiary/aromatic N) is 4. The number of carbonyl (C=O) groups is 3. The van der Waals surface area contributed by atoms with Crippen LogP contribution in [0.3, 0.4) is 0 Å². The Kier molecular flexibility index (Phi) is 11.1. The SMILES string of the molecule is Cc1ccccc1NC(=O)c1cc(-c2cc3c(cc2C(=O)N2Cc4ccccc4C[C@H]2CN2CCOCC2)CN(C(=O)Oc2ccccc2C(F)(F)F)CC3)n(C)c1C. The van der Waals surface area contributed by atoms with Crippen LogP contribution in [0, 0.1) is 13.8 Å². The maximum absolute atomic E-state index is 15.3. The van der Waals surface area contributed by atoms with Crippen LogP contribution < -0.4 is 10.1 Å². The number of alkyl halides is 3. The number of halogens is 3. The van der Waals surface area contributed by atoms with Crippen molar-refractivity contribution in [3.05, 3.63) is 141 Å². The molecule has 0 bridgehead atoms. The van der Waals surface area contributed by atoms with Gasteiger partial charge in [-0.05, 0) is 90.9 Å². The molecule has 0 spiro atoms. The van der Waals surface area contributed by atoms with E-state index in [4.69, 9.17) is 9.47 Å². The number of benzene rings is 4. The number of amides is 3. The Labute approximate surface area is 341 Å². The molecule has 8 rings (SSSR count). The molecule has 3 aliphatic rings. The van der Waals surface area contributed by atoms with Gasteiger partial charge in [0, 0.05) is 80.6 Å². The zero-order chi connectivity index (χ0) is 41.4. The Morgan fingerprint density at radius 3 is 2.29 bits per heavy atom. The van der Waals surface area contributed by atoms with Crippen molar-refractivity contribution in [1.29, 1.82) is 0 Å². The third kappa shape index (κ3) is 8.22. The zero-order valence-corrected chi connectivity index (χ0v) is 33.3. The number of para-hydroxylation sites is 2. The van der Waals surface area contributed by atoms with Crippen molar-refractivity contribution in [3.8, 4) is 17.0 Å². The van der Waals surface area contributed by atoms with Crippen LogP contribution in [0.25, 0.3) is 11.3 Å². The van der Waals surface area contributed by atoms with Crippen molar-refractivity contribution in [2.75, 3.05) is 44.7 Å². The number of anilines is 1. The monoisotopic (exact) mass is 805 g/mol. The minimum atomic E-state index is -4.71. The first-order chi connectivity index (χ1) is 28.4. The van der Waals surface area contributed by atoms with Crippen molar-refractivity contribution in [3.63, 3.8) is 0 Å². The highest BCUT2D eigenvalue weighted by Gasteiger charge is 2.37. The van der Waals surface area contributed by atoms with E-state index in [1.54, 1.807) is 0 Å². The first-order valence-corrected chi connectivity index (χ1v) is 19.9. The number of morpholine rings is 1. The van der Waals surface area contributed by atoms with Gasteiger partial charge in [-0.15, -0.1) is 0 Å². The molecule has 59 heavy (non-hydrogen) atoms. The lowest BCUT2D eigenvalue weighted by Crippen LogP contribution is -2.52. The second-order valence-electron chi connectivity index (χ2n) is 15.5. The largest absolute Gasteiger partial charge is 0.419 e. The third-order valence-electron chi connectivity index (χ3n) is 11.9. The summed E-state index contributed by atoms with van der Waals surface area (Å²) in [6, 6.07) is 25.8. The van der Waals surface area contributed by atoms with E-state index >= 15 is 4.79 Å². The molecule has 0 saturated carbocycles. The number of aryl methyl sites for hydroxylation is 1. The fourth-order valence-corrected chi connectivity index (χ4v) is 8.42. The molecule has 1 saturated heterocycles. The predicted molar refractivity (Wildman–Crippen MR) is 217 cm³/mol. The minimum absolute atomic E-state index is 0.0270. The second-order valence-corrected chi connectivity index (χ2v) is 15.5. The van der Waals surface area contributed by atoms with Gasteiger partial charge in [0.2, 0.25) is 0 Å². The molecule has 5 aromatic rings. The van der Waals surface area contributed by atoms with Crippen LogP contribution >= 0.6 is 0 Å². The van der Waals surface area contributed by atoms with Crippen LogP contribution in [0.5, 0.6) is 5.75 Å². The van der Waals surface area contributed by atoms with Gasteiger partial charge >= 0.3 is 12.3 Å². The van der Waals surface area contributed by atoms with Gasteiger partial charge in [0.25, 0.3) is 11.8 Å². The number of hydrogen-bond donors (Lipinski definition) is 1. The molecule has 13 heteroatoms. The summed E-state index contributed by atoms with van der Waals surface area (Å²) < 4.78 is 54.2. The molecule has 1 N–H and O–H groups in total. The summed E-state index contributed by atoms with van der Waals surface area (Å²) in [4.78, 5) is 48.2. The summed E-state index contributed by atoms with van der Waals surface area (Å²) in [6.07, 6.45) is -4.58. The van der Waals surface area contributed by atoms with Crippen LogP contribution in [-0.4, -0.2) is 82.6 Å². The molecule has 0 unspecified atom stereocenters. The smallest absolute Gasteiger partial charge is 0.410 e. The van der Waals surface area contributed by atoms with E-state index in [-0.39, 0.29) is 30.9 Å². The van der Waals surface area contributed by atoms with Crippen LogP contribution in [0.2, 0.25) is 0 Å². The molecule has 4 heterocycles. The molecular formula is C46H46F3N5O5. The van der Waals surface area contributed by atoms with Crippen molar-refractivity contribution in [2.45, 2.75) is 52.0 Å². The number of hydrogen-bond acceptors (Lipinski definition) is 6. The average molecular weight is 806 g/mol. The molecule has 0 radical (unpaired) electrons. The molecule has 3 aliphatic heterocycles. The molecule has 0 aliphatic carbocycles. The highest BCUT2D eigenvalue weighted by Crippen LogP contribution is 2.38. The van der Waals surface area contributed by atoms with E-state index in [9.17, 15) is 22.8 Å².